The second-order valence-electron chi connectivity index (χ2n) is 5.52. The molecule has 2 aliphatic rings. The first-order valence-corrected chi connectivity index (χ1v) is 7.12. The standard InChI is InChI=1S/C14H25NO2/c1-2-3-12-4-7-15(8-5-12)10-13-11-17-9-6-14(13)16/h12-13H,2-11H2,1H3. The molecule has 0 aromatic carbocycles. The van der Waals surface area contributed by atoms with Crippen molar-refractivity contribution in [3.8, 4) is 0 Å². The van der Waals surface area contributed by atoms with Crippen LogP contribution in [0.1, 0.15) is 39.0 Å². The average Bonchev–Trinajstić information content (AvgIpc) is 2.35. The fourth-order valence-electron chi connectivity index (χ4n) is 3.03. The summed E-state index contributed by atoms with van der Waals surface area (Å²) < 4.78 is 5.41. The molecule has 3 heteroatoms. The molecule has 0 amide bonds. The fourth-order valence-corrected chi connectivity index (χ4v) is 3.03. The SMILES string of the molecule is CCCC1CCN(CC2COCCC2=O)CC1. The lowest BCUT2D eigenvalue weighted by atomic mass is 9.91. The minimum atomic E-state index is 0.145. The van der Waals surface area contributed by atoms with Crippen molar-refractivity contribution in [2.45, 2.75) is 39.0 Å². The van der Waals surface area contributed by atoms with Gasteiger partial charge in [-0.25, -0.2) is 0 Å². The van der Waals surface area contributed by atoms with Crippen LogP contribution in [-0.4, -0.2) is 43.5 Å². The molecule has 2 aliphatic heterocycles. The van der Waals surface area contributed by atoms with Crippen molar-refractivity contribution in [1.29, 1.82) is 0 Å². The van der Waals surface area contributed by atoms with Gasteiger partial charge in [0.2, 0.25) is 0 Å². The summed E-state index contributed by atoms with van der Waals surface area (Å²) in [5, 5.41) is 0. The van der Waals surface area contributed by atoms with E-state index in [-0.39, 0.29) is 5.92 Å². The molecule has 0 aromatic heterocycles. The van der Waals surface area contributed by atoms with Crippen LogP contribution in [0.4, 0.5) is 0 Å². The van der Waals surface area contributed by atoms with E-state index in [1.54, 1.807) is 0 Å². The molecular formula is C14H25NO2. The number of carbonyl (C=O) groups is 1. The molecule has 2 rings (SSSR count). The van der Waals surface area contributed by atoms with Gasteiger partial charge in [-0.15, -0.1) is 0 Å². The van der Waals surface area contributed by atoms with E-state index in [2.05, 4.69) is 11.8 Å². The van der Waals surface area contributed by atoms with Crippen LogP contribution in [0.5, 0.6) is 0 Å². The van der Waals surface area contributed by atoms with Crippen LogP contribution < -0.4 is 0 Å². The molecular weight excluding hydrogens is 214 g/mol. The van der Waals surface area contributed by atoms with Crippen molar-refractivity contribution in [2.24, 2.45) is 11.8 Å². The molecule has 2 heterocycles. The highest BCUT2D eigenvalue weighted by Gasteiger charge is 2.27. The van der Waals surface area contributed by atoms with Crippen LogP contribution in [0, 0.1) is 11.8 Å². The van der Waals surface area contributed by atoms with Crippen LogP contribution in [0.25, 0.3) is 0 Å². The Labute approximate surface area is 105 Å². The zero-order chi connectivity index (χ0) is 12.1. The van der Waals surface area contributed by atoms with Gasteiger partial charge in [0, 0.05) is 13.0 Å². The molecule has 1 atom stereocenters. The molecule has 0 radical (unpaired) electrons. The Bertz CT molecular complexity index is 247. The maximum atomic E-state index is 11.7. The summed E-state index contributed by atoms with van der Waals surface area (Å²) in [5.74, 6) is 1.48. The number of hydrogen-bond acceptors (Lipinski definition) is 3. The van der Waals surface area contributed by atoms with E-state index in [0.717, 1.165) is 12.5 Å². The van der Waals surface area contributed by atoms with Gasteiger partial charge in [0.25, 0.3) is 0 Å². The van der Waals surface area contributed by atoms with E-state index < -0.39 is 0 Å². The van der Waals surface area contributed by atoms with Crippen molar-refractivity contribution in [2.75, 3.05) is 32.8 Å². The topological polar surface area (TPSA) is 29.5 Å². The third-order valence-electron chi connectivity index (χ3n) is 4.15. The van der Waals surface area contributed by atoms with Crippen LogP contribution in [0.2, 0.25) is 0 Å². The molecule has 2 saturated heterocycles. The van der Waals surface area contributed by atoms with E-state index in [1.807, 2.05) is 0 Å². The first-order chi connectivity index (χ1) is 8.29. The van der Waals surface area contributed by atoms with Gasteiger partial charge in [-0.2, -0.15) is 0 Å². The second-order valence-corrected chi connectivity index (χ2v) is 5.52. The first-order valence-electron chi connectivity index (χ1n) is 7.12. The number of likely N-dealkylation sites (tertiary alicyclic amines) is 1. The van der Waals surface area contributed by atoms with E-state index in [0.29, 0.717) is 25.4 Å². The Hall–Kier alpha value is -0.410. The maximum Gasteiger partial charge on any atom is 0.141 e. The number of carbonyl (C=O) groups excluding carboxylic acids is 1. The number of rotatable bonds is 4. The smallest absolute Gasteiger partial charge is 0.141 e. The summed E-state index contributed by atoms with van der Waals surface area (Å²) in [7, 11) is 0. The van der Waals surface area contributed by atoms with Gasteiger partial charge in [-0.05, 0) is 31.8 Å². The minimum Gasteiger partial charge on any atom is -0.380 e. The molecule has 0 spiro atoms. The summed E-state index contributed by atoms with van der Waals surface area (Å²) in [6.07, 6.45) is 5.93. The lowest BCUT2D eigenvalue weighted by Gasteiger charge is -2.34. The molecule has 0 saturated carbocycles. The molecule has 3 nitrogen and oxygen atoms in total. The first kappa shape index (κ1) is 13.0. The normalized spacial score (nSPS) is 28.5. The number of piperidine rings is 1. The monoisotopic (exact) mass is 239 g/mol. The average molecular weight is 239 g/mol. The van der Waals surface area contributed by atoms with Gasteiger partial charge < -0.3 is 9.64 Å². The third-order valence-corrected chi connectivity index (χ3v) is 4.15. The Balaban J connectivity index is 1.72. The van der Waals surface area contributed by atoms with E-state index in [1.165, 1.54) is 38.8 Å². The van der Waals surface area contributed by atoms with Crippen molar-refractivity contribution < 1.29 is 9.53 Å². The molecule has 2 fully saturated rings. The Morgan fingerprint density at radius 3 is 2.76 bits per heavy atom. The minimum absolute atomic E-state index is 0.145. The Morgan fingerprint density at radius 2 is 2.12 bits per heavy atom. The molecule has 98 valence electrons. The lowest BCUT2D eigenvalue weighted by Crippen LogP contribution is -2.42. The summed E-state index contributed by atoms with van der Waals surface area (Å²) in [5.41, 5.74) is 0. The third kappa shape index (κ3) is 3.78. The molecule has 0 aliphatic carbocycles. The summed E-state index contributed by atoms with van der Waals surface area (Å²) in [6.45, 7) is 6.83. The quantitative estimate of drug-likeness (QED) is 0.752. The van der Waals surface area contributed by atoms with Crippen LogP contribution >= 0.6 is 0 Å². The van der Waals surface area contributed by atoms with Crippen LogP contribution in [0.15, 0.2) is 0 Å². The Morgan fingerprint density at radius 1 is 1.35 bits per heavy atom. The van der Waals surface area contributed by atoms with E-state index in [4.69, 9.17) is 4.74 Å². The lowest BCUT2D eigenvalue weighted by molar-refractivity contribution is -0.131. The fraction of sp³-hybridized carbons (Fsp3) is 0.929. The molecule has 17 heavy (non-hydrogen) atoms. The van der Waals surface area contributed by atoms with Crippen LogP contribution in [0.3, 0.4) is 0 Å². The highest BCUT2D eigenvalue weighted by molar-refractivity contribution is 5.82. The van der Waals surface area contributed by atoms with Crippen molar-refractivity contribution in [3.63, 3.8) is 0 Å². The highest BCUT2D eigenvalue weighted by Crippen LogP contribution is 2.23. The zero-order valence-electron chi connectivity index (χ0n) is 11.0. The predicted octanol–water partition coefficient (Wildman–Crippen LogP) is 2.10. The highest BCUT2D eigenvalue weighted by atomic mass is 16.5. The molecule has 1 unspecified atom stereocenters. The zero-order valence-corrected chi connectivity index (χ0v) is 11.0. The maximum absolute atomic E-state index is 11.7. The molecule has 0 N–H and O–H groups in total. The van der Waals surface area contributed by atoms with Gasteiger partial charge in [0.05, 0.1) is 19.1 Å². The van der Waals surface area contributed by atoms with Crippen LogP contribution in [-0.2, 0) is 9.53 Å². The second kappa shape index (κ2) is 6.50. The number of Topliss-reactive ketones (excluding diaryl/α,β-unsaturated/α-hetero) is 1. The summed E-state index contributed by atoms with van der Waals surface area (Å²) in [4.78, 5) is 14.2. The summed E-state index contributed by atoms with van der Waals surface area (Å²) in [6, 6.07) is 0. The summed E-state index contributed by atoms with van der Waals surface area (Å²) >= 11 is 0. The number of nitrogens with zero attached hydrogens (tertiary/aromatic N) is 1. The molecule has 0 bridgehead atoms. The van der Waals surface area contributed by atoms with Crippen molar-refractivity contribution in [1.82, 2.24) is 4.90 Å². The molecule has 0 aromatic rings. The van der Waals surface area contributed by atoms with Gasteiger partial charge in [0.1, 0.15) is 5.78 Å². The number of hydrogen-bond donors (Lipinski definition) is 0. The van der Waals surface area contributed by atoms with Crippen molar-refractivity contribution >= 4 is 5.78 Å². The number of ether oxygens (including phenoxy) is 1. The van der Waals surface area contributed by atoms with E-state index >= 15 is 0 Å². The van der Waals surface area contributed by atoms with Gasteiger partial charge in [-0.3, -0.25) is 4.79 Å². The van der Waals surface area contributed by atoms with Gasteiger partial charge in [-0.1, -0.05) is 19.8 Å². The Kier molecular flexibility index (Phi) is 4.99. The van der Waals surface area contributed by atoms with Gasteiger partial charge in [0.15, 0.2) is 0 Å². The van der Waals surface area contributed by atoms with Crippen molar-refractivity contribution in [3.05, 3.63) is 0 Å². The van der Waals surface area contributed by atoms with Gasteiger partial charge >= 0.3 is 0 Å². The predicted molar refractivity (Wildman–Crippen MR) is 68.0 cm³/mol. The number of ketones is 1. The largest absolute Gasteiger partial charge is 0.380 e. The van der Waals surface area contributed by atoms with E-state index in [9.17, 15) is 4.79 Å².